The van der Waals surface area contributed by atoms with Gasteiger partial charge in [0, 0.05) is 20.7 Å². The first-order valence-corrected chi connectivity index (χ1v) is 10.6. The number of benzene rings is 2. The fourth-order valence-electron chi connectivity index (χ4n) is 3.20. The van der Waals surface area contributed by atoms with Gasteiger partial charge in [0.1, 0.15) is 5.75 Å². The average Bonchev–Trinajstić information content (AvgIpc) is 3.18. The molecule has 1 N–H and O–H groups in total. The Morgan fingerprint density at radius 3 is 2.47 bits per heavy atom. The van der Waals surface area contributed by atoms with Crippen LogP contribution in [0.15, 0.2) is 47.5 Å². The molecule has 0 bridgehead atoms. The number of fused-ring (bicyclic) bond motifs is 1. The van der Waals surface area contributed by atoms with Gasteiger partial charge >= 0.3 is 12.4 Å². The summed E-state index contributed by atoms with van der Waals surface area (Å²) in [6.07, 6.45) is -9.29. The minimum atomic E-state index is -4.83. The van der Waals surface area contributed by atoms with Gasteiger partial charge < -0.3 is 18.9 Å². The number of hydrogen-bond donors (Lipinski definition) is 1. The van der Waals surface area contributed by atoms with Gasteiger partial charge in [0.05, 0.1) is 35.2 Å². The number of hydrogen-bond acceptors (Lipinski definition) is 5. The Morgan fingerprint density at radius 2 is 1.86 bits per heavy atom. The third-order valence-electron chi connectivity index (χ3n) is 5.20. The number of rotatable bonds is 8. The van der Waals surface area contributed by atoms with Gasteiger partial charge in [0.25, 0.3) is 0 Å². The van der Waals surface area contributed by atoms with Crippen LogP contribution in [-0.2, 0) is 23.6 Å². The molecule has 1 atom stereocenters. The standard InChI is InChI=1S/C23H23F6N5O2/c1-4-33(2)13-31-15-8-9-17-18(11-15)34(21(32-17)23(27,28)29)12-19(35-3)20(30)36-16-7-5-6-14(10-16)22(24,25)26/h5-11,13,19,30H,4,12H2,1-3H3. The van der Waals surface area contributed by atoms with E-state index in [0.29, 0.717) is 18.3 Å². The summed E-state index contributed by atoms with van der Waals surface area (Å²) in [5, 5.41) is 8.15. The van der Waals surface area contributed by atoms with Gasteiger partial charge in [-0.1, -0.05) is 6.07 Å². The van der Waals surface area contributed by atoms with E-state index in [1.54, 1.807) is 11.9 Å². The van der Waals surface area contributed by atoms with Gasteiger partial charge in [0.2, 0.25) is 11.7 Å². The Hall–Kier alpha value is -3.61. The second kappa shape index (κ2) is 10.6. The number of ether oxygens (including phenoxy) is 2. The largest absolute Gasteiger partial charge is 0.449 e. The highest BCUT2D eigenvalue weighted by Gasteiger charge is 2.38. The summed E-state index contributed by atoms with van der Waals surface area (Å²) in [6.45, 7) is 2.04. The maximum absolute atomic E-state index is 13.8. The summed E-state index contributed by atoms with van der Waals surface area (Å²) >= 11 is 0. The minimum Gasteiger partial charge on any atom is -0.441 e. The van der Waals surface area contributed by atoms with Gasteiger partial charge in [-0.3, -0.25) is 5.41 Å². The number of nitrogens with one attached hydrogen (secondary N) is 1. The van der Waals surface area contributed by atoms with E-state index in [2.05, 4.69) is 9.98 Å². The van der Waals surface area contributed by atoms with E-state index in [9.17, 15) is 26.3 Å². The van der Waals surface area contributed by atoms with Crippen molar-refractivity contribution in [2.24, 2.45) is 4.99 Å². The fraction of sp³-hybridized carbons (Fsp3) is 0.348. The molecular formula is C23H23F6N5O2. The number of alkyl halides is 6. The first-order chi connectivity index (χ1) is 16.8. The monoisotopic (exact) mass is 515 g/mol. The molecule has 0 aliphatic heterocycles. The fourth-order valence-corrected chi connectivity index (χ4v) is 3.20. The number of nitrogens with zero attached hydrogens (tertiary/aromatic N) is 4. The van der Waals surface area contributed by atoms with Crippen LogP contribution in [0.5, 0.6) is 5.75 Å². The molecule has 1 heterocycles. The first kappa shape index (κ1) is 27.0. The van der Waals surface area contributed by atoms with Crippen LogP contribution in [0.2, 0.25) is 0 Å². The molecule has 0 spiro atoms. The summed E-state index contributed by atoms with van der Waals surface area (Å²) in [5.74, 6) is -2.20. The van der Waals surface area contributed by atoms with E-state index in [-0.39, 0.29) is 16.8 Å². The maximum atomic E-state index is 13.8. The molecule has 13 heteroatoms. The van der Waals surface area contributed by atoms with Crippen molar-refractivity contribution in [3.63, 3.8) is 0 Å². The Kier molecular flexibility index (Phi) is 7.92. The second-order valence-electron chi connectivity index (χ2n) is 7.75. The van der Waals surface area contributed by atoms with Gasteiger partial charge in [-0.2, -0.15) is 26.3 Å². The predicted octanol–water partition coefficient (Wildman–Crippen LogP) is 5.76. The first-order valence-electron chi connectivity index (χ1n) is 10.6. The molecule has 2 aromatic carbocycles. The topological polar surface area (TPSA) is 75.7 Å². The third kappa shape index (κ3) is 6.33. The van der Waals surface area contributed by atoms with Crippen LogP contribution in [0.4, 0.5) is 32.0 Å². The summed E-state index contributed by atoms with van der Waals surface area (Å²) in [4.78, 5) is 9.71. The van der Waals surface area contributed by atoms with Crippen LogP contribution < -0.4 is 4.74 Å². The molecule has 3 aromatic rings. The molecule has 194 valence electrons. The van der Waals surface area contributed by atoms with Crippen molar-refractivity contribution in [2.45, 2.75) is 31.9 Å². The highest BCUT2D eigenvalue weighted by atomic mass is 19.4. The van der Waals surface area contributed by atoms with Crippen molar-refractivity contribution in [3.05, 3.63) is 53.9 Å². The van der Waals surface area contributed by atoms with E-state index < -0.39 is 42.3 Å². The molecule has 0 radical (unpaired) electrons. The van der Waals surface area contributed by atoms with Gasteiger partial charge in [-0.05, 0) is 43.3 Å². The van der Waals surface area contributed by atoms with Crippen LogP contribution in [0, 0.1) is 5.41 Å². The smallest absolute Gasteiger partial charge is 0.441 e. The molecule has 0 aliphatic carbocycles. The zero-order valence-electron chi connectivity index (χ0n) is 19.5. The Balaban J connectivity index is 1.95. The molecular weight excluding hydrogens is 492 g/mol. The minimum absolute atomic E-state index is 0.0466. The van der Waals surface area contributed by atoms with Crippen molar-refractivity contribution in [3.8, 4) is 5.75 Å². The molecule has 36 heavy (non-hydrogen) atoms. The lowest BCUT2D eigenvalue weighted by molar-refractivity contribution is -0.147. The van der Waals surface area contributed by atoms with Crippen LogP contribution in [-0.4, -0.2) is 53.5 Å². The van der Waals surface area contributed by atoms with Crippen LogP contribution in [0.25, 0.3) is 11.0 Å². The van der Waals surface area contributed by atoms with E-state index in [0.717, 1.165) is 23.8 Å². The lowest BCUT2D eigenvalue weighted by atomic mass is 10.2. The lowest BCUT2D eigenvalue weighted by Crippen LogP contribution is -2.33. The molecule has 0 saturated carbocycles. The summed E-state index contributed by atoms with van der Waals surface area (Å²) < 4.78 is 91.5. The highest BCUT2D eigenvalue weighted by Crippen LogP contribution is 2.34. The normalized spacial score (nSPS) is 13.4. The van der Waals surface area contributed by atoms with Gasteiger partial charge in [-0.25, -0.2) is 9.98 Å². The highest BCUT2D eigenvalue weighted by molar-refractivity contribution is 5.82. The number of aromatic nitrogens is 2. The average molecular weight is 515 g/mol. The number of aliphatic imine (C=N–C) groups is 1. The van der Waals surface area contributed by atoms with Crippen molar-refractivity contribution in [1.82, 2.24) is 14.5 Å². The molecule has 0 saturated heterocycles. The molecule has 3 rings (SSSR count). The maximum Gasteiger partial charge on any atom is 0.449 e. The molecule has 0 fully saturated rings. The number of halogens is 6. The molecule has 0 amide bonds. The zero-order valence-corrected chi connectivity index (χ0v) is 19.5. The lowest BCUT2D eigenvalue weighted by Gasteiger charge is -2.20. The summed E-state index contributed by atoms with van der Waals surface area (Å²) in [5.41, 5.74) is -0.485. The Bertz CT molecular complexity index is 1250. The quantitative estimate of drug-likeness (QED) is 0.235. The van der Waals surface area contributed by atoms with Crippen LogP contribution in [0.3, 0.4) is 0 Å². The van der Waals surface area contributed by atoms with Crippen molar-refractivity contribution < 1.29 is 35.8 Å². The van der Waals surface area contributed by atoms with Crippen molar-refractivity contribution in [2.75, 3.05) is 20.7 Å². The molecule has 0 aliphatic rings. The Labute approximate surface area is 202 Å². The van der Waals surface area contributed by atoms with Crippen LogP contribution >= 0.6 is 0 Å². The van der Waals surface area contributed by atoms with Crippen LogP contribution in [0.1, 0.15) is 18.3 Å². The van der Waals surface area contributed by atoms with E-state index in [1.807, 2.05) is 6.92 Å². The predicted molar refractivity (Wildman–Crippen MR) is 122 cm³/mol. The summed E-state index contributed by atoms with van der Waals surface area (Å²) in [7, 11) is 2.94. The molecule has 1 aromatic heterocycles. The van der Waals surface area contributed by atoms with Gasteiger partial charge in [0.15, 0.2) is 6.10 Å². The zero-order chi connectivity index (χ0) is 26.7. The number of methoxy groups -OCH3 is 1. The third-order valence-corrected chi connectivity index (χ3v) is 5.20. The van der Waals surface area contributed by atoms with E-state index in [1.165, 1.54) is 30.6 Å². The van der Waals surface area contributed by atoms with E-state index in [4.69, 9.17) is 14.9 Å². The molecule has 7 nitrogen and oxygen atoms in total. The van der Waals surface area contributed by atoms with Gasteiger partial charge in [-0.15, -0.1) is 0 Å². The van der Waals surface area contributed by atoms with Crippen molar-refractivity contribution >= 4 is 29.0 Å². The number of imidazole rings is 1. The van der Waals surface area contributed by atoms with Crippen molar-refractivity contribution in [1.29, 1.82) is 5.41 Å². The SMILES string of the molecule is CCN(C)C=Nc1ccc2nc(C(F)(F)F)n(CC(OC)C(=N)Oc3cccc(C(F)(F)F)c3)c2c1. The summed E-state index contributed by atoms with van der Waals surface area (Å²) in [6, 6.07) is 8.14. The second-order valence-corrected chi connectivity index (χ2v) is 7.75. The Morgan fingerprint density at radius 1 is 1.14 bits per heavy atom. The molecule has 1 unspecified atom stereocenters. The van der Waals surface area contributed by atoms with E-state index >= 15 is 0 Å².